The molecule has 0 radical (unpaired) electrons. The summed E-state index contributed by atoms with van der Waals surface area (Å²) in [5.74, 6) is 0.261. The van der Waals surface area contributed by atoms with Crippen molar-refractivity contribution in [1.29, 1.82) is 0 Å². The average molecular weight is 329 g/mol. The van der Waals surface area contributed by atoms with Crippen molar-refractivity contribution in [2.75, 3.05) is 12.4 Å². The zero-order valence-electron chi connectivity index (χ0n) is 12.1. The third-order valence-corrected chi connectivity index (χ3v) is 3.73. The SMILES string of the molecule is COc1ccccc1C(=O)Nc1nc(-c2ccc(F)cc2)ns1. The summed E-state index contributed by atoms with van der Waals surface area (Å²) in [6.45, 7) is 0. The molecule has 7 heteroatoms. The molecule has 1 N–H and O–H groups in total. The van der Waals surface area contributed by atoms with Crippen LogP contribution in [0.15, 0.2) is 48.5 Å². The molecule has 5 nitrogen and oxygen atoms in total. The standard InChI is InChI=1S/C16H12FN3O2S/c1-22-13-5-3-2-4-12(13)15(21)19-16-18-14(20-23-16)10-6-8-11(17)9-7-10/h2-9H,1H3,(H,18,19,20,21). The highest BCUT2D eigenvalue weighted by atomic mass is 32.1. The maximum Gasteiger partial charge on any atom is 0.261 e. The van der Waals surface area contributed by atoms with Gasteiger partial charge in [-0.25, -0.2) is 4.39 Å². The number of halogens is 1. The molecule has 23 heavy (non-hydrogen) atoms. The van der Waals surface area contributed by atoms with Crippen molar-refractivity contribution in [3.63, 3.8) is 0 Å². The second-order valence-corrected chi connectivity index (χ2v) is 5.34. The highest BCUT2D eigenvalue weighted by Gasteiger charge is 2.14. The van der Waals surface area contributed by atoms with Crippen LogP contribution in [-0.4, -0.2) is 22.4 Å². The molecular formula is C16H12FN3O2S. The van der Waals surface area contributed by atoms with Crippen LogP contribution in [0.1, 0.15) is 10.4 Å². The molecule has 3 aromatic rings. The summed E-state index contributed by atoms with van der Waals surface area (Å²) >= 11 is 1.06. The summed E-state index contributed by atoms with van der Waals surface area (Å²) in [7, 11) is 1.50. The minimum Gasteiger partial charge on any atom is -0.496 e. The van der Waals surface area contributed by atoms with Gasteiger partial charge in [-0.15, -0.1) is 0 Å². The normalized spacial score (nSPS) is 10.3. The number of nitrogens with one attached hydrogen (secondary N) is 1. The first kappa shape index (κ1) is 15.1. The molecule has 0 unspecified atom stereocenters. The van der Waals surface area contributed by atoms with Crippen LogP contribution in [0.4, 0.5) is 9.52 Å². The summed E-state index contributed by atoms with van der Waals surface area (Å²) in [5.41, 5.74) is 1.09. The Kier molecular flexibility index (Phi) is 4.29. The topological polar surface area (TPSA) is 64.1 Å². The second kappa shape index (κ2) is 6.53. The Morgan fingerprint density at radius 3 is 2.65 bits per heavy atom. The van der Waals surface area contributed by atoms with Crippen LogP contribution < -0.4 is 10.1 Å². The van der Waals surface area contributed by atoms with Gasteiger partial charge >= 0.3 is 0 Å². The predicted molar refractivity (Wildman–Crippen MR) is 86.3 cm³/mol. The summed E-state index contributed by atoms with van der Waals surface area (Å²) in [6, 6.07) is 12.8. The van der Waals surface area contributed by atoms with E-state index in [1.54, 1.807) is 36.4 Å². The predicted octanol–water partition coefficient (Wildman–Crippen LogP) is 3.61. The van der Waals surface area contributed by atoms with E-state index in [2.05, 4.69) is 14.7 Å². The molecule has 116 valence electrons. The van der Waals surface area contributed by atoms with Gasteiger partial charge < -0.3 is 4.74 Å². The van der Waals surface area contributed by atoms with Gasteiger partial charge in [0.2, 0.25) is 5.13 Å². The van der Waals surface area contributed by atoms with E-state index < -0.39 is 0 Å². The first-order valence-electron chi connectivity index (χ1n) is 6.71. The minimum atomic E-state index is -0.329. The molecule has 1 amide bonds. The Morgan fingerprint density at radius 2 is 1.91 bits per heavy atom. The van der Waals surface area contributed by atoms with Crippen molar-refractivity contribution in [2.45, 2.75) is 0 Å². The third-order valence-electron chi connectivity index (χ3n) is 3.10. The summed E-state index contributed by atoms with van der Waals surface area (Å²) in [5, 5.41) is 3.05. The first-order chi connectivity index (χ1) is 11.2. The summed E-state index contributed by atoms with van der Waals surface area (Å²) in [4.78, 5) is 16.5. The maximum absolute atomic E-state index is 12.9. The molecule has 0 saturated carbocycles. The van der Waals surface area contributed by atoms with E-state index >= 15 is 0 Å². The lowest BCUT2D eigenvalue weighted by Crippen LogP contribution is -2.12. The van der Waals surface area contributed by atoms with Crippen LogP contribution in [0.2, 0.25) is 0 Å². The molecule has 1 aromatic heterocycles. The van der Waals surface area contributed by atoms with Gasteiger partial charge in [0, 0.05) is 17.1 Å². The molecule has 0 aliphatic heterocycles. The molecule has 1 heterocycles. The number of carbonyl (C=O) groups excluding carboxylic acids is 1. The molecule has 0 saturated heterocycles. The minimum absolute atomic E-state index is 0.325. The number of aromatic nitrogens is 2. The summed E-state index contributed by atoms with van der Waals surface area (Å²) < 4.78 is 22.3. The molecule has 0 spiro atoms. The largest absolute Gasteiger partial charge is 0.496 e. The van der Waals surface area contributed by atoms with Gasteiger partial charge in [-0.05, 0) is 36.4 Å². The average Bonchev–Trinajstić information content (AvgIpc) is 3.04. The fourth-order valence-corrected chi connectivity index (χ4v) is 2.57. The third kappa shape index (κ3) is 3.35. The Balaban J connectivity index is 1.79. The zero-order valence-corrected chi connectivity index (χ0v) is 12.9. The van der Waals surface area contributed by atoms with Crippen molar-refractivity contribution in [3.8, 4) is 17.1 Å². The van der Waals surface area contributed by atoms with Crippen molar-refractivity contribution < 1.29 is 13.9 Å². The molecule has 2 aromatic carbocycles. The van der Waals surface area contributed by atoms with Crippen LogP contribution in [0.3, 0.4) is 0 Å². The highest BCUT2D eigenvalue weighted by molar-refractivity contribution is 7.10. The number of para-hydroxylation sites is 1. The van der Waals surface area contributed by atoms with E-state index in [4.69, 9.17) is 4.74 Å². The second-order valence-electron chi connectivity index (χ2n) is 4.58. The molecule has 0 fully saturated rings. The van der Waals surface area contributed by atoms with E-state index in [1.165, 1.54) is 19.2 Å². The lowest BCUT2D eigenvalue weighted by molar-refractivity contribution is 0.102. The van der Waals surface area contributed by atoms with Crippen molar-refractivity contribution in [3.05, 3.63) is 59.9 Å². The van der Waals surface area contributed by atoms with Gasteiger partial charge in [0.25, 0.3) is 5.91 Å². The highest BCUT2D eigenvalue weighted by Crippen LogP contribution is 2.23. The number of methoxy groups -OCH3 is 1. The fraction of sp³-hybridized carbons (Fsp3) is 0.0625. The van der Waals surface area contributed by atoms with E-state index in [1.807, 2.05) is 0 Å². The van der Waals surface area contributed by atoms with Crippen LogP contribution in [0, 0.1) is 5.82 Å². The van der Waals surface area contributed by atoms with Gasteiger partial charge in [0.05, 0.1) is 12.7 Å². The monoisotopic (exact) mass is 329 g/mol. The van der Waals surface area contributed by atoms with Gasteiger partial charge in [-0.1, -0.05) is 12.1 Å². The van der Waals surface area contributed by atoms with E-state index in [-0.39, 0.29) is 11.7 Å². The smallest absolute Gasteiger partial charge is 0.261 e. The molecule has 0 aliphatic carbocycles. The van der Waals surface area contributed by atoms with E-state index in [9.17, 15) is 9.18 Å². The molecule has 0 bridgehead atoms. The van der Waals surface area contributed by atoms with Crippen molar-refractivity contribution >= 4 is 22.6 Å². The molecule has 3 rings (SSSR count). The van der Waals surface area contributed by atoms with Gasteiger partial charge in [-0.3, -0.25) is 10.1 Å². The number of carbonyl (C=O) groups is 1. The first-order valence-corrected chi connectivity index (χ1v) is 7.49. The quantitative estimate of drug-likeness (QED) is 0.794. The lowest BCUT2D eigenvalue weighted by Gasteiger charge is -2.06. The Morgan fingerprint density at radius 1 is 1.17 bits per heavy atom. The maximum atomic E-state index is 12.9. The van der Waals surface area contributed by atoms with Gasteiger partial charge in [0.15, 0.2) is 5.82 Å². The van der Waals surface area contributed by atoms with Gasteiger partial charge in [-0.2, -0.15) is 9.36 Å². The lowest BCUT2D eigenvalue weighted by atomic mass is 10.2. The van der Waals surface area contributed by atoms with Crippen molar-refractivity contribution in [1.82, 2.24) is 9.36 Å². The molecular weight excluding hydrogens is 317 g/mol. The fourth-order valence-electron chi connectivity index (χ4n) is 1.99. The number of amides is 1. The Labute approximate surface area is 135 Å². The molecule has 0 atom stereocenters. The van der Waals surface area contributed by atoms with Crippen LogP contribution in [-0.2, 0) is 0 Å². The number of rotatable bonds is 4. The number of nitrogens with zero attached hydrogens (tertiary/aromatic N) is 2. The number of hydrogen-bond acceptors (Lipinski definition) is 5. The van der Waals surface area contributed by atoms with Crippen LogP contribution >= 0.6 is 11.5 Å². The van der Waals surface area contributed by atoms with E-state index in [0.717, 1.165) is 11.5 Å². The number of ether oxygens (including phenoxy) is 1. The van der Waals surface area contributed by atoms with Crippen LogP contribution in [0.25, 0.3) is 11.4 Å². The Hall–Kier alpha value is -2.80. The number of benzene rings is 2. The molecule has 0 aliphatic rings. The summed E-state index contributed by atoms with van der Waals surface area (Å²) in [6.07, 6.45) is 0. The van der Waals surface area contributed by atoms with Gasteiger partial charge in [0.1, 0.15) is 11.6 Å². The van der Waals surface area contributed by atoms with Crippen LogP contribution in [0.5, 0.6) is 5.75 Å². The zero-order chi connectivity index (χ0) is 16.2. The van der Waals surface area contributed by atoms with Crippen molar-refractivity contribution in [2.24, 2.45) is 0 Å². The number of anilines is 1. The number of hydrogen-bond donors (Lipinski definition) is 1. The van der Waals surface area contributed by atoms with E-state index in [0.29, 0.717) is 27.8 Å². The Bertz CT molecular complexity index is 833.